The third-order valence-corrected chi connectivity index (χ3v) is 23.0. The van der Waals surface area contributed by atoms with E-state index in [2.05, 4.69) is 54.5 Å². The van der Waals surface area contributed by atoms with Gasteiger partial charge in [-0.2, -0.15) is 0 Å². The van der Waals surface area contributed by atoms with Gasteiger partial charge in [0.25, 0.3) is 0 Å². The van der Waals surface area contributed by atoms with Crippen molar-refractivity contribution in [2.24, 2.45) is 50.2 Å². The highest BCUT2D eigenvalue weighted by molar-refractivity contribution is 5.79. The summed E-state index contributed by atoms with van der Waals surface area (Å²) >= 11 is 0. The van der Waals surface area contributed by atoms with Crippen LogP contribution in [0.4, 0.5) is 0 Å². The van der Waals surface area contributed by atoms with Crippen LogP contribution in [-0.4, -0.2) is 251 Å². The smallest absolute Gasteiger partial charge is 0.315 e. The molecule has 14 N–H and O–H groups in total. The van der Waals surface area contributed by atoms with Crippen LogP contribution in [0, 0.1) is 50.2 Å². The Bertz CT molecular complexity index is 2340. The van der Waals surface area contributed by atoms with E-state index in [0.717, 1.165) is 25.7 Å². The second-order valence-electron chi connectivity index (χ2n) is 28.6. The van der Waals surface area contributed by atoms with Gasteiger partial charge in [0, 0.05) is 0 Å². The Hall–Kier alpha value is -1.71. The van der Waals surface area contributed by atoms with Crippen LogP contribution in [0.15, 0.2) is 11.6 Å². The number of rotatable bonds is 12. The average molecular weight is 1210 g/mol. The molecule has 25 heteroatoms. The van der Waals surface area contributed by atoms with Crippen LogP contribution < -0.4 is 0 Å². The average Bonchev–Trinajstić information content (AvgIpc) is 0.705. The molecule has 84 heavy (non-hydrogen) atoms. The molecule has 0 aromatic heterocycles. The van der Waals surface area contributed by atoms with Crippen LogP contribution >= 0.6 is 0 Å². The van der Waals surface area contributed by atoms with E-state index in [9.17, 15) is 71.5 Å². The van der Waals surface area contributed by atoms with E-state index < -0.39 is 177 Å². The lowest BCUT2D eigenvalue weighted by Crippen LogP contribution is -2.66. The van der Waals surface area contributed by atoms with E-state index in [1.807, 2.05) is 0 Å². The van der Waals surface area contributed by atoms with Gasteiger partial charge in [-0.1, -0.05) is 60.1 Å². The van der Waals surface area contributed by atoms with Crippen molar-refractivity contribution in [3.8, 4) is 0 Å². The van der Waals surface area contributed by atoms with Crippen molar-refractivity contribution in [2.75, 3.05) is 19.8 Å². The summed E-state index contributed by atoms with van der Waals surface area (Å²) in [6, 6.07) is 0. The summed E-state index contributed by atoms with van der Waals surface area (Å²) in [4.78, 5) is 15.2. The Kier molecular flexibility index (Phi) is 18.5. The quantitative estimate of drug-likeness (QED) is 0.0600. The molecule has 0 bridgehead atoms. The standard InChI is InChI=1S/C59H96O25/c1-24-34(62)38(66)42(70)49(77-24)82-46-29(21-60)79-48(45(73)41(46)69)76-23-30-37(65)40(68)44(72)51(80-30)84-53(74)59-18-16-54(3,4)20-27(59)26-10-11-32-56(7)14-13-33(55(5,6)31(56)12-15-58(32,9)57(26,8)17-19-59)81-52-47(36(64)28(61)22-75-52)83-50-43(71)39(67)35(63)25(2)78-50/h10,24-25,27-52,60-73H,11-23H2,1-9H3/t24-,25-,27-,28+,29+,30+,31-,32+,33-,34-,35-,36+,37+,38+,39+,40-,41+,42+,43+,44+,45+,46+,47-,48+,49-,50-,51-,52-,56-,57+,58+,59-/m0/s1. The molecule has 10 aliphatic rings. The first kappa shape index (κ1) is 65.2. The first-order valence-corrected chi connectivity index (χ1v) is 30.5. The highest BCUT2D eigenvalue weighted by Gasteiger charge is 2.70. The molecule has 32 atom stereocenters. The maximum absolute atomic E-state index is 15.2. The maximum atomic E-state index is 15.2. The highest BCUT2D eigenvalue weighted by Crippen LogP contribution is 2.76. The molecule has 9 fully saturated rings. The van der Waals surface area contributed by atoms with Crippen LogP contribution in [0.2, 0.25) is 0 Å². The lowest BCUT2D eigenvalue weighted by Gasteiger charge is -2.71. The molecule has 0 aromatic rings. The molecule has 0 amide bonds. The van der Waals surface area contributed by atoms with Gasteiger partial charge in [-0.25, -0.2) is 0 Å². The van der Waals surface area contributed by atoms with Crippen LogP contribution in [0.3, 0.4) is 0 Å². The van der Waals surface area contributed by atoms with Crippen molar-refractivity contribution in [1.29, 1.82) is 0 Å². The second kappa shape index (κ2) is 23.8. The molecule has 5 aliphatic carbocycles. The third kappa shape index (κ3) is 10.9. The number of esters is 1. The fourth-order valence-corrected chi connectivity index (χ4v) is 17.5. The molecule has 25 nitrogen and oxygen atoms in total. The first-order valence-electron chi connectivity index (χ1n) is 30.5. The molecule has 4 saturated carbocycles. The van der Waals surface area contributed by atoms with E-state index in [1.54, 1.807) is 0 Å². The summed E-state index contributed by atoms with van der Waals surface area (Å²) < 4.78 is 59.6. The Labute approximate surface area is 490 Å². The highest BCUT2D eigenvalue weighted by atomic mass is 16.8. The van der Waals surface area contributed by atoms with E-state index in [-0.39, 0.29) is 52.1 Å². The summed E-state index contributed by atoms with van der Waals surface area (Å²) in [5, 5.41) is 151. The predicted molar refractivity (Wildman–Crippen MR) is 287 cm³/mol. The van der Waals surface area contributed by atoms with Gasteiger partial charge in [-0.05, 0) is 123 Å². The molecule has 5 aliphatic heterocycles. The number of hydrogen-bond donors (Lipinski definition) is 14. The van der Waals surface area contributed by atoms with Gasteiger partial charge in [0.15, 0.2) is 25.2 Å². The molecule has 0 unspecified atom stereocenters. The molecule has 5 heterocycles. The minimum atomic E-state index is -1.88. The van der Waals surface area contributed by atoms with E-state index in [4.69, 9.17) is 47.4 Å². The largest absolute Gasteiger partial charge is 0.432 e. The van der Waals surface area contributed by atoms with Gasteiger partial charge in [-0.15, -0.1) is 0 Å². The number of aliphatic hydroxyl groups excluding tert-OH is 14. The normalized spacial score (nSPS) is 54.6. The summed E-state index contributed by atoms with van der Waals surface area (Å²) in [7, 11) is 0. The zero-order chi connectivity index (χ0) is 61.3. The number of hydrogen-bond acceptors (Lipinski definition) is 25. The van der Waals surface area contributed by atoms with Gasteiger partial charge in [0.05, 0.1) is 43.5 Å². The number of fused-ring (bicyclic) bond motifs is 7. The van der Waals surface area contributed by atoms with Crippen molar-refractivity contribution in [3.05, 3.63) is 11.6 Å². The Morgan fingerprint density at radius 2 is 1.13 bits per heavy atom. The Morgan fingerprint density at radius 1 is 0.560 bits per heavy atom. The monoisotopic (exact) mass is 1200 g/mol. The van der Waals surface area contributed by atoms with Gasteiger partial charge in [0.2, 0.25) is 6.29 Å². The van der Waals surface area contributed by atoms with Crippen molar-refractivity contribution in [3.63, 3.8) is 0 Å². The lowest BCUT2D eigenvalue weighted by molar-refractivity contribution is -0.364. The Balaban J connectivity index is 0.824. The van der Waals surface area contributed by atoms with Crippen LogP contribution in [0.5, 0.6) is 0 Å². The maximum Gasteiger partial charge on any atom is 0.315 e. The summed E-state index contributed by atoms with van der Waals surface area (Å²) in [5.74, 6) is -0.449. The first-order chi connectivity index (χ1) is 39.3. The fraction of sp³-hybridized carbons (Fsp3) is 0.949. The van der Waals surface area contributed by atoms with E-state index >= 15 is 4.79 Å². The van der Waals surface area contributed by atoms with Gasteiger partial charge < -0.3 is 119 Å². The zero-order valence-electron chi connectivity index (χ0n) is 49.7. The number of carbonyl (C=O) groups excluding carboxylic acids is 1. The Morgan fingerprint density at radius 3 is 1.76 bits per heavy atom. The topological polar surface area (TPSA) is 393 Å². The molecule has 5 saturated heterocycles. The number of allylic oxidation sites excluding steroid dienone is 2. The zero-order valence-corrected chi connectivity index (χ0v) is 49.7. The second-order valence-corrected chi connectivity index (χ2v) is 28.6. The molecule has 0 radical (unpaired) electrons. The molecule has 10 rings (SSSR count). The van der Waals surface area contributed by atoms with Gasteiger partial charge in [-0.3, -0.25) is 4.79 Å². The minimum Gasteiger partial charge on any atom is -0.432 e. The molecular formula is C59H96O25. The number of aliphatic hydroxyl groups is 14. The van der Waals surface area contributed by atoms with Crippen LogP contribution in [0.1, 0.15) is 127 Å². The van der Waals surface area contributed by atoms with Crippen molar-refractivity contribution in [1.82, 2.24) is 0 Å². The molecule has 482 valence electrons. The molecular weight excluding hydrogens is 1110 g/mol. The van der Waals surface area contributed by atoms with Crippen LogP contribution in [0.25, 0.3) is 0 Å². The summed E-state index contributed by atoms with van der Waals surface area (Å²) in [6.07, 6.45) is -27.9. The lowest BCUT2D eigenvalue weighted by atomic mass is 9.33. The summed E-state index contributed by atoms with van der Waals surface area (Å²) in [6.45, 7) is 17.3. The fourth-order valence-electron chi connectivity index (χ4n) is 17.5. The molecule has 0 aromatic carbocycles. The van der Waals surface area contributed by atoms with Gasteiger partial charge in [0.1, 0.15) is 104 Å². The van der Waals surface area contributed by atoms with Crippen molar-refractivity contribution < 1.29 is 124 Å². The number of ether oxygens (including phenoxy) is 10. The SMILES string of the molecule is C[C@@H]1O[C@@H](O[C@@H]2[C@H](O[C@H]3CC[C@]4(C)[C@H]5CC=C6[C@@H]7CC(C)(C)CC[C@]7(C(=O)O[C@@H]7O[C@H](CO[C@@H]8O[C@H](CO)[C@@H](O[C@@H]9O[C@@H](C)[C@H](O)[C@@H](O)[C@H]9O)[C@H](O)[C@H]8O)[C@@H](O)[C@H](O)[C@H]7O)CC[C@@]6(C)[C@]5(C)CC[C@H]4C3(C)C)OC[C@@H](O)[C@H]2O)[C@H](O)[C@H](O)[C@H]1O. The predicted octanol–water partition coefficient (Wildman–Crippen LogP) is -1.52. The number of carbonyl (C=O) groups is 1. The van der Waals surface area contributed by atoms with E-state index in [0.29, 0.717) is 38.5 Å². The van der Waals surface area contributed by atoms with E-state index in [1.165, 1.54) is 19.4 Å². The summed E-state index contributed by atoms with van der Waals surface area (Å²) in [5.41, 5.74) is -1.12. The third-order valence-electron chi connectivity index (χ3n) is 23.0. The molecule has 0 spiro atoms. The minimum absolute atomic E-state index is 0.150. The van der Waals surface area contributed by atoms with Crippen molar-refractivity contribution >= 4 is 5.97 Å². The van der Waals surface area contributed by atoms with Gasteiger partial charge >= 0.3 is 5.97 Å². The van der Waals surface area contributed by atoms with Crippen LogP contribution in [-0.2, 0) is 52.2 Å². The van der Waals surface area contributed by atoms with Crippen molar-refractivity contribution in [2.45, 2.75) is 280 Å².